The summed E-state index contributed by atoms with van der Waals surface area (Å²) in [6, 6.07) is 2.70. The number of carbonyl (C=O) groups is 1. The molecule has 1 N–H and O–H groups in total. The summed E-state index contributed by atoms with van der Waals surface area (Å²) in [6.45, 7) is 12.5. The van der Waals surface area contributed by atoms with Crippen LogP contribution in [0.2, 0.25) is 0 Å². The Morgan fingerprint density at radius 1 is 1.08 bits per heavy atom. The molecule has 0 atom stereocenters. The predicted octanol–water partition coefficient (Wildman–Crippen LogP) is 1.80. The fourth-order valence-electron chi connectivity index (χ4n) is 4.05. The zero-order valence-electron chi connectivity index (χ0n) is 16.4. The second-order valence-corrected chi connectivity index (χ2v) is 7.38. The van der Waals surface area contributed by atoms with Gasteiger partial charge in [0, 0.05) is 63.2 Å². The van der Waals surface area contributed by atoms with Crippen LogP contribution in [0.15, 0.2) is 6.07 Å². The van der Waals surface area contributed by atoms with Crippen molar-refractivity contribution in [3.8, 4) is 0 Å². The quantitative estimate of drug-likeness (QED) is 0.890. The Hall–Kier alpha value is -1.89. The third-order valence-electron chi connectivity index (χ3n) is 5.38. The number of anilines is 1. The van der Waals surface area contributed by atoms with E-state index in [0.717, 1.165) is 75.9 Å². The molecule has 2 aliphatic heterocycles. The maximum absolute atomic E-state index is 12.1. The monoisotopic (exact) mass is 360 g/mol. The Labute approximate surface area is 156 Å². The highest BCUT2D eigenvalue weighted by molar-refractivity contribution is 5.74. The Kier molecular flexibility index (Phi) is 6.29. The first-order valence-corrected chi connectivity index (χ1v) is 9.91. The molecule has 0 unspecified atom stereocenters. The second-order valence-electron chi connectivity index (χ2n) is 7.38. The molecular formula is C19H32N6O. The van der Waals surface area contributed by atoms with Gasteiger partial charge < -0.3 is 15.1 Å². The van der Waals surface area contributed by atoms with Gasteiger partial charge in [0.2, 0.25) is 5.95 Å². The molecule has 0 aromatic carbocycles. The van der Waals surface area contributed by atoms with Gasteiger partial charge in [0.1, 0.15) is 0 Å². The highest BCUT2D eigenvalue weighted by atomic mass is 16.2. The van der Waals surface area contributed by atoms with Gasteiger partial charge in [-0.25, -0.2) is 14.8 Å². The summed E-state index contributed by atoms with van der Waals surface area (Å²) < 4.78 is 0. The van der Waals surface area contributed by atoms with E-state index in [4.69, 9.17) is 0 Å². The van der Waals surface area contributed by atoms with Crippen molar-refractivity contribution in [3.05, 3.63) is 17.5 Å². The number of rotatable bonds is 3. The number of nitrogens with one attached hydrogen (secondary N) is 1. The molecule has 1 aromatic heterocycles. The fourth-order valence-corrected chi connectivity index (χ4v) is 4.05. The van der Waals surface area contributed by atoms with E-state index in [2.05, 4.69) is 25.1 Å². The molecule has 0 aliphatic carbocycles. The fraction of sp³-hybridized carbons (Fsp3) is 0.737. The van der Waals surface area contributed by atoms with Gasteiger partial charge in [-0.2, -0.15) is 0 Å². The van der Waals surface area contributed by atoms with E-state index >= 15 is 0 Å². The molecule has 3 rings (SSSR count). The third-order valence-corrected chi connectivity index (χ3v) is 5.38. The number of carbonyl (C=O) groups excluding carboxylic acids is 1. The molecular weight excluding hydrogens is 328 g/mol. The van der Waals surface area contributed by atoms with E-state index < -0.39 is 0 Å². The smallest absolute Gasteiger partial charge is 0.317 e. The van der Waals surface area contributed by atoms with E-state index in [9.17, 15) is 4.79 Å². The average Bonchev–Trinajstić information content (AvgIpc) is 2.87. The minimum Gasteiger partial charge on any atom is -0.341 e. The van der Waals surface area contributed by atoms with E-state index in [-0.39, 0.29) is 6.03 Å². The third kappa shape index (κ3) is 4.63. The van der Waals surface area contributed by atoms with Gasteiger partial charge in [-0.05, 0) is 46.1 Å². The van der Waals surface area contributed by atoms with Crippen molar-refractivity contribution in [2.45, 2.75) is 46.1 Å². The van der Waals surface area contributed by atoms with Crippen molar-refractivity contribution in [1.29, 1.82) is 0 Å². The first kappa shape index (κ1) is 18.9. The van der Waals surface area contributed by atoms with Gasteiger partial charge in [0.15, 0.2) is 0 Å². The van der Waals surface area contributed by atoms with E-state index in [1.165, 1.54) is 0 Å². The first-order chi connectivity index (χ1) is 12.6. The molecule has 2 aliphatic rings. The van der Waals surface area contributed by atoms with Gasteiger partial charge in [-0.15, -0.1) is 0 Å². The molecule has 0 radical (unpaired) electrons. The lowest BCUT2D eigenvalue weighted by Crippen LogP contribution is -2.47. The molecule has 2 fully saturated rings. The molecule has 2 saturated heterocycles. The van der Waals surface area contributed by atoms with Crippen molar-refractivity contribution >= 4 is 12.0 Å². The molecule has 0 spiro atoms. The summed E-state index contributed by atoms with van der Waals surface area (Å²) in [6.07, 6.45) is 3.33. The number of hydrogen-bond acceptors (Lipinski definition) is 5. The summed E-state index contributed by atoms with van der Waals surface area (Å²) in [5.74, 6) is 0.874. The maximum atomic E-state index is 12.1. The lowest BCUT2D eigenvalue weighted by atomic mass is 10.0. The van der Waals surface area contributed by atoms with Crippen LogP contribution in [0.4, 0.5) is 10.7 Å². The molecule has 7 nitrogen and oxygen atoms in total. The van der Waals surface area contributed by atoms with Crippen LogP contribution in [0, 0.1) is 13.8 Å². The summed E-state index contributed by atoms with van der Waals surface area (Å²) in [5, 5.41) is 2.92. The van der Waals surface area contributed by atoms with Crippen LogP contribution in [-0.4, -0.2) is 77.7 Å². The van der Waals surface area contributed by atoms with Gasteiger partial charge in [-0.3, -0.25) is 4.90 Å². The largest absolute Gasteiger partial charge is 0.341 e. The van der Waals surface area contributed by atoms with Crippen LogP contribution >= 0.6 is 0 Å². The molecule has 2 amide bonds. The van der Waals surface area contributed by atoms with Crippen LogP contribution in [0.5, 0.6) is 0 Å². The Bertz CT molecular complexity index is 594. The lowest BCUT2D eigenvalue weighted by Gasteiger charge is -2.38. The van der Waals surface area contributed by atoms with Crippen LogP contribution in [-0.2, 0) is 0 Å². The Balaban J connectivity index is 1.52. The van der Waals surface area contributed by atoms with E-state index in [1.54, 1.807) is 0 Å². The normalized spacial score (nSPS) is 20.1. The lowest BCUT2D eigenvalue weighted by molar-refractivity contribution is 0.169. The topological polar surface area (TPSA) is 64.6 Å². The van der Waals surface area contributed by atoms with Crippen molar-refractivity contribution in [2.75, 3.05) is 50.7 Å². The Morgan fingerprint density at radius 3 is 2.42 bits per heavy atom. The van der Waals surface area contributed by atoms with Gasteiger partial charge >= 0.3 is 6.03 Å². The summed E-state index contributed by atoms with van der Waals surface area (Å²) in [4.78, 5) is 28.1. The van der Waals surface area contributed by atoms with E-state index in [1.807, 2.05) is 31.7 Å². The highest BCUT2D eigenvalue weighted by Gasteiger charge is 2.28. The zero-order valence-corrected chi connectivity index (χ0v) is 16.4. The van der Waals surface area contributed by atoms with Crippen LogP contribution < -0.4 is 10.2 Å². The molecule has 0 saturated carbocycles. The average molecular weight is 361 g/mol. The summed E-state index contributed by atoms with van der Waals surface area (Å²) >= 11 is 0. The van der Waals surface area contributed by atoms with Gasteiger partial charge in [0.05, 0.1) is 0 Å². The highest BCUT2D eigenvalue weighted by Crippen LogP contribution is 2.21. The molecule has 144 valence electrons. The van der Waals surface area contributed by atoms with Crippen LogP contribution in [0.1, 0.15) is 37.6 Å². The van der Waals surface area contributed by atoms with E-state index in [0.29, 0.717) is 12.6 Å². The summed E-state index contributed by atoms with van der Waals surface area (Å²) in [5.41, 5.74) is 2.07. The molecule has 0 bridgehead atoms. The predicted molar refractivity (Wildman–Crippen MR) is 104 cm³/mol. The molecule has 3 heterocycles. The Morgan fingerprint density at radius 2 is 1.77 bits per heavy atom. The van der Waals surface area contributed by atoms with Crippen molar-refractivity contribution < 1.29 is 4.79 Å². The first-order valence-electron chi connectivity index (χ1n) is 9.91. The molecule has 1 aromatic rings. The minimum atomic E-state index is 0.0798. The van der Waals surface area contributed by atoms with Crippen molar-refractivity contribution in [2.24, 2.45) is 0 Å². The van der Waals surface area contributed by atoms with Gasteiger partial charge in [0.25, 0.3) is 0 Å². The number of urea groups is 1. The maximum Gasteiger partial charge on any atom is 0.317 e. The van der Waals surface area contributed by atoms with Crippen molar-refractivity contribution in [1.82, 2.24) is 25.1 Å². The van der Waals surface area contributed by atoms with Gasteiger partial charge in [-0.1, -0.05) is 0 Å². The standard InChI is InChI=1S/C19H32N6O/c1-4-20-19(26)25-9-5-8-23(12-13-25)17-6-10-24(11-7-17)18-21-15(2)14-16(3)22-18/h14,17H,4-13H2,1-3H3,(H,20,26). The number of piperidine rings is 1. The number of aryl methyl sites for hydroxylation is 2. The second kappa shape index (κ2) is 8.66. The SMILES string of the molecule is CCNC(=O)N1CCCN(C2CCN(c3nc(C)cc(C)n3)CC2)CC1. The van der Waals surface area contributed by atoms with Crippen LogP contribution in [0.25, 0.3) is 0 Å². The number of hydrogen-bond donors (Lipinski definition) is 1. The zero-order chi connectivity index (χ0) is 18.5. The number of nitrogens with zero attached hydrogens (tertiary/aromatic N) is 5. The van der Waals surface area contributed by atoms with Crippen molar-refractivity contribution in [3.63, 3.8) is 0 Å². The number of aromatic nitrogens is 2. The van der Waals surface area contributed by atoms with Crippen LogP contribution in [0.3, 0.4) is 0 Å². The molecule has 7 heteroatoms. The molecule has 26 heavy (non-hydrogen) atoms. The number of amides is 2. The minimum absolute atomic E-state index is 0.0798. The summed E-state index contributed by atoms with van der Waals surface area (Å²) in [7, 11) is 0.